The Morgan fingerprint density at radius 1 is 0.682 bits per heavy atom. The third kappa shape index (κ3) is 19.2. The summed E-state index contributed by atoms with van der Waals surface area (Å²) in [5.41, 5.74) is 3.17. The molecule has 0 saturated heterocycles. The molecule has 124 valence electrons. The predicted molar refractivity (Wildman–Crippen MR) is 106 cm³/mol. The number of alkyl halides is 1. The molecule has 0 aliphatic carbocycles. The summed E-state index contributed by atoms with van der Waals surface area (Å²) in [7, 11) is 0. The molecule has 0 amide bonds. The van der Waals surface area contributed by atoms with Crippen molar-refractivity contribution in [3.8, 4) is 0 Å². The molecule has 0 radical (unpaired) electrons. The van der Waals surface area contributed by atoms with Gasteiger partial charge in [0, 0.05) is 5.33 Å². The lowest BCUT2D eigenvalue weighted by Gasteiger charge is -1.95. The molecule has 0 heterocycles. The SMILES string of the molecule is CCCCCCC/C=C\C/C=C\C/C=C\CC=C=CCCBr. The maximum absolute atomic E-state index is 3.39. The quantitative estimate of drug-likeness (QED) is 0.128. The topological polar surface area (TPSA) is 0 Å². The summed E-state index contributed by atoms with van der Waals surface area (Å²) in [6.45, 7) is 2.27. The van der Waals surface area contributed by atoms with E-state index in [9.17, 15) is 0 Å². The Morgan fingerprint density at radius 2 is 1.32 bits per heavy atom. The van der Waals surface area contributed by atoms with Gasteiger partial charge in [0.1, 0.15) is 0 Å². The lowest BCUT2D eigenvalue weighted by Crippen LogP contribution is -1.75. The van der Waals surface area contributed by atoms with Crippen LogP contribution in [0.2, 0.25) is 0 Å². The Hall–Kier alpha value is -0.780. The van der Waals surface area contributed by atoms with E-state index in [0.29, 0.717) is 0 Å². The number of unbranched alkanes of at least 4 members (excludes halogenated alkanes) is 5. The monoisotopic (exact) mass is 364 g/mol. The molecule has 0 spiro atoms. The van der Waals surface area contributed by atoms with E-state index in [2.05, 4.69) is 77.2 Å². The van der Waals surface area contributed by atoms with E-state index in [4.69, 9.17) is 0 Å². The minimum atomic E-state index is 0.977. The Labute approximate surface area is 146 Å². The molecular formula is C21H33Br. The molecule has 0 rings (SSSR count). The summed E-state index contributed by atoms with van der Waals surface area (Å²) < 4.78 is 0. The molecular weight excluding hydrogens is 332 g/mol. The van der Waals surface area contributed by atoms with Crippen LogP contribution in [0.4, 0.5) is 0 Å². The minimum absolute atomic E-state index is 0.977. The maximum atomic E-state index is 3.39. The third-order valence-electron chi connectivity index (χ3n) is 3.26. The van der Waals surface area contributed by atoms with Crippen LogP contribution < -0.4 is 0 Å². The first-order valence-electron chi connectivity index (χ1n) is 8.82. The average molecular weight is 365 g/mol. The van der Waals surface area contributed by atoms with Gasteiger partial charge in [-0.15, -0.1) is 5.73 Å². The Bertz CT molecular complexity index is 354. The van der Waals surface area contributed by atoms with Crippen molar-refractivity contribution in [2.24, 2.45) is 0 Å². The normalized spacial score (nSPS) is 11.5. The number of rotatable bonds is 14. The highest BCUT2D eigenvalue weighted by molar-refractivity contribution is 9.09. The first kappa shape index (κ1) is 21.2. The van der Waals surface area contributed by atoms with Crippen LogP contribution in [0.5, 0.6) is 0 Å². The van der Waals surface area contributed by atoms with Crippen molar-refractivity contribution in [1.82, 2.24) is 0 Å². The minimum Gasteiger partial charge on any atom is -0.129 e. The van der Waals surface area contributed by atoms with E-state index in [1.165, 1.54) is 38.5 Å². The zero-order chi connectivity index (χ0) is 16.1. The first-order valence-corrected chi connectivity index (χ1v) is 9.94. The summed E-state index contributed by atoms with van der Waals surface area (Å²) in [6.07, 6.45) is 29.9. The van der Waals surface area contributed by atoms with Crippen molar-refractivity contribution in [1.29, 1.82) is 0 Å². The highest BCUT2D eigenvalue weighted by atomic mass is 79.9. The van der Waals surface area contributed by atoms with Crippen LogP contribution in [-0.2, 0) is 0 Å². The van der Waals surface area contributed by atoms with Crippen LogP contribution >= 0.6 is 15.9 Å². The van der Waals surface area contributed by atoms with Gasteiger partial charge in [-0.3, -0.25) is 0 Å². The van der Waals surface area contributed by atoms with E-state index in [1.54, 1.807) is 0 Å². The van der Waals surface area contributed by atoms with Gasteiger partial charge < -0.3 is 0 Å². The number of hydrogen-bond acceptors (Lipinski definition) is 0. The summed E-state index contributed by atoms with van der Waals surface area (Å²) in [5, 5.41) is 1.02. The van der Waals surface area contributed by atoms with E-state index in [1.807, 2.05) is 0 Å². The van der Waals surface area contributed by atoms with Crippen LogP contribution in [0.25, 0.3) is 0 Å². The molecule has 0 aliphatic rings. The second kappa shape index (κ2) is 20.2. The largest absolute Gasteiger partial charge is 0.129 e. The van der Waals surface area contributed by atoms with Crippen LogP contribution in [0.3, 0.4) is 0 Å². The van der Waals surface area contributed by atoms with Crippen molar-refractivity contribution in [3.63, 3.8) is 0 Å². The fourth-order valence-corrected chi connectivity index (χ4v) is 2.21. The zero-order valence-corrected chi connectivity index (χ0v) is 15.9. The van der Waals surface area contributed by atoms with Gasteiger partial charge >= 0.3 is 0 Å². The van der Waals surface area contributed by atoms with Crippen LogP contribution in [0, 0.1) is 0 Å². The Balaban J connectivity index is 3.41. The van der Waals surface area contributed by atoms with Crippen LogP contribution in [0.15, 0.2) is 54.3 Å². The molecule has 0 fully saturated rings. The van der Waals surface area contributed by atoms with Gasteiger partial charge in [-0.2, -0.15) is 0 Å². The van der Waals surface area contributed by atoms with Crippen molar-refractivity contribution in [3.05, 3.63) is 54.3 Å². The molecule has 0 saturated carbocycles. The van der Waals surface area contributed by atoms with Gasteiger partial charge in [-0.05, 0) is 50.7 Å². The van der Waals surface area contributed by atoms with Crippen molar-refractivity contribution >= 4 is 15.9 Å². The molecule has 0 aliphatic heterocycles. The zero-order valence-electron chi connectivity index (χ0n) is 14.3. The molecule has 0 aromatic rings. The van der Waals surface area contributed by atoms with Gasteiger partial charge in [0.05, 0.1) is 0 Å². The van der Waals surface area contributed by atoms with Crippen LogP contribution in [0.1, 0.15) is 71.1 Å². The van der Waals surface area contributed by atoms with Crippen molar-refractivity contribution < 1.29 is 0 Å². The molecule has 0 unspecified atom stereocenters. The molecule has 0 N–H and O–H groups in total. The standard InChI is InChI=1S/C21H33Br/c1-2-3-4-5-6-7-8-9-10-11-12-13-14-15-16-17-18-19-20-21-22/h8-9,11-12,14-15,17,19H,2-7,10,13,16,20-21H2,1H3/b9-8-,12-11-,15-14-. The third-order valence-corrected chi connectivity index (χ3v) is 3.72. The second-order valence-corrected chi connectivity index (χ2v) is 6.17. The molecule has 0 bridgehead atoms. The first-order chi connectivity index (χ1) is 10.9. The lowest BCUT2D eigenvalue weighted by atomic mass is 10.1. The highest BCUT2D eigenvalue weighted by Gasteiger charge is 1.85. The van der Waals surface area contributed by atoms with Gasteiger partial charge in [-0.1, -0.05) is 85.0 Å². The Morgan fingerprint density at radius 3 is 2.00 bits per heavy atom. The van der Waals surface area contributed by atoms with E-state index in [-0.39, 0.29) is 0 Å². The molecule has 22 heavy (non-hydrogen) atoms. The second-order valence-electron chi connectivity index (χ2n) is 5.38. The van der Waals surface area contributed by atoms with Gasteiger partial charge in [0.25, 0.3) is 0 Å². The lowest BCUT2D eigenvalue weighted by molar-refractivity contribution is 0.637. The number of allylic oxidation sites excluding steroid dienone is 7. The summed E-state index contributed by atoms with van der Waals surface area (Å²) >= 11 is 3.39. The molecule has 0 aromatic carbocycles. The van der Waals surface area contributed by atoms with E-state index >= 15 is 0 Å². The van der Waals surface area contributed by atoms with E-state index in [0.717, 1.165) is 31.0 Å². The predicted octanol–water partition coefficient (Wildman–Crippen LogP) is 7.68. The van der Waals surface area contributed by atoms with Gasteiger partial charge in [-0.25, -0.2) is 0 Å². The fraction of sp³-hybridized carbons (Fsp3) is 0.571. The molecule has 0 atom stereocenters. The smallest absolute Gasteiger partial charge is 0.00719 e. The van der Waals surface area contributed by atoms with Gasteiger partial charge in [0.15, 0.2) is 0 Å². The average Bonchev–Trinajstić information content (AvgIpc) is 2.54. The summed E-state index contributed by atoms with van der Waals surface area (Å²) in [5.74, 6) is 0. The Kier molecular flexibility index (Phi) is 19.5. The molecule has 0 aromatic heterocycles. The fourth-order valence-electron chi connectivity index (χ4n) is 1.98. The summed E-state index contributed by atoms with van der Waals surface area (Å²) in [6, 6.07) is 0. The van der Waals surface area contributed by atoms with E-state index < -0.39 is 0 Å². The van der Waals surface area contributed by atoms with Crippen molar-refractivity contribution in [2.75, 3.05) is 5.33 Å². The highest BCUT2D eigenvalue weighted by Crippen LogP contribution is 2.05. The molecule has 1 heteroatoms. The van der Waals surface area contributed by atoms with Gasteiger partial charge in [0.2, 0.25) is 0 Å². The molecule has 0 nitrogen and oxygen atoms in total. The van der Waals surface area contributed by atoms with Crippen LogP contribution in [-0.4, -0.2) is 5.33 Å². The van der Waals surface area contributed by atoms with Crippen molar-refractivity contribution in [2.45, 2.75) is 71.1 Å². The number of hydrogen-bond donors (Lipinski definition) is 0. The summed E-state index contributed by atoms with van der Waals surface area (Å²) in [4.78, 5) is 0. The number of halogens is 1. The maximum Gasteiger partial charge on any atom is 0.00719 e.